The number of rotatable bonds is 6. The number of nitrogens with one attached hydrogen (secondary N) is 1. The first-order chi connectivity index (χ1) is 18.9. The van der Waals surface area contributed by atoms with Gasteiger partial charge in [-0.1, -0.05) is 24.8 Å². The first kappa shape index (κ1) is 26.6. The predicted molar refractivity (Wildman–Crippen MR) is 157 cm³/mol. The molecule has 0 amide bonds. The molecule has 6 nitrogen and oxygen atoms in total. The van der Waals surface area contributed by atoms with Gasteiger partial charge in [0.05, 0.1) is 34.3 Å². The zero-order valence-electron chi connectivity index (χ0n) is 22.6. The van der Waals surface area contributed by atoms with Gasteiger partial charge in [0.2, 0.25) is 0 Å². The smallest absolute Gasteiger partial charge is 0.144 e. The van der Waals surface area contributed by atoms with Crippen LogP contribution in [0.1, 0.15) is 51.1 Å². The normalized spacial score (nSPS) is 20.5. The Hall–Kier alpha value is -3.97. The summed E-state index contributed by atoms with van der Waals surface area (Å²) in [5.74, 6) is 0.365. The highest BCUT2D eigenvalue weighted by atomic mass is 19.1. The van der Waals surface area contributed by atoms with Gasteiger partial charge in [-0.3, -0.25) is 10.1 Å². The van der Waals surface area contributed by atoms with Crippen molar-refractivity contribution in [1.82, 2.24) is 20.2 Å². The largest absolute Gasteiger partial charge is 0.328 e. The topological polar surface area (TPSA) is 92.8 Å². The second-order valence-electron chi connectivity index (χ2n) is 10.5. The van der Waals surface area contributed by atoms with Crippen LogP contribution in [0.15, 0.2) is 70.5 Å². The maximum absolute atomic E-state index is 13.8. The van der Waals surface area contributed by atoms with Gasteiger partial charge in [-0.15, -0.1) is 0 Å². The zero-order chi connectivity index (χ0) is 27.4. The van der Waals surface area contributed by atoms with E-state index in [0.717, 1.165) is 58.7 Å². The third-order valence-electron chi connectivity index (χ3n) is 7.64. The maximum Gasteiger partial charge on any atom is 0.144 e. The Bertz CT molecular complexity index is 1580. The van der Waals surface area contributed by atoms with Crippen molar-refractivity contribution >= 4 is 18.9 Å². The fourth-order valence-corrected chi connectivity index (χ4v) is 5.28. The molecule has 3 aromatic rings. The number of aryl methyl sites for hydroxylation is 1. The predicted octanol–water partition coefficient (Wildman–Crippen LogP) is 5.31. The van der Waals surface area contributed by atoms with Crippen LogP contribution < -0.4 is 16.3 Å². The van der Waals surface area contributed by atoms with Crippen LogP contribution in [0.4, 0.5) is 4.39 Å². The number of hydrogen-bond donors (Lipinski definition) is 2. The van der Waals surface area contributed by atoms with Gasteiger partial charge in [-0.2, -0.15) is 5.10 Å². The van der Waals surface area contributed by atoms with Crippen molar-refractivity contribution in [2.75, 3.05) is 0 Å². The summed E-state index contributed by atoms with van der Waals surface area (Å²) >= 11 is 0. The quantitative estimate of drug-likeness (QED) is 0.459. The molecule has 0 radical (unpaired) electrons. The minimum absolute atomic E-state index is 0.333. The van der Waals surface area contributed by atoms with Gasteiger partial charge >= 0.3 is 0 Å². The van der Waals surface area contributed by atoms with Crippen LogP contribution in [0.25, 0.3) is 35.3 Å². The van der Waals surface area contributed by atoms with Crippen molar-refractivity contribution < 1.29 is 4.39 Å². The Morgan fingerprint density at radius 3 is 2.69 bits per heavy atom. The summed E-state index contributed by atoms with van der Waals surface area (Å²) < 4.78 is 13.8. The van der Waals surface area contributed by atoms with Gasteiger partial charge in [-0.25, -0.2) is 14.4 Å². The van der Waals surface area contributed by atoms with Gasteiger partial charge in [0.25, 0.3) is 0 Å². The van der Waals surface area contributed by atoms with Gasteiger partial charge in [0.15, 0.2) is 0 Å². The molecule has 0 spiro atoms. The third kappa shape index (κ3) is 6.20. The van der Waals surface area contributed by atoms with E-state index in [4.69, 9.17) is 10.7 Å². The number of nitrogens with zero attached hydrogens (tertiary/aromatic N) is 4. The van der Waals surface area contributed by atoms with Gasteiger partial charge in [0, 0.05) is 24.0 Å². The monoisotopic (exact) mass is 522 g/mol. The molecule has 5 rings (SSSR count). The molecule has 200 valence electrons. The summed E-state index contributed by atoms with van der Waals surface area (Å²) in [5.41, 5.74) is 12.7. The zero-order valence-corrected chi connectivity index (χ0v) is 22.6. The lowest BCUT2D eigenvalue weighted by molar-refractivity contribution is 0.323. The molecule has 0 saturated heterocycles. The lowest BCUT2D eigenvalue weighted by Crippen LogP contribution is -2.27. The van der Waals surface area contributed by atoms with Crippen LogP contribution in [0.5, 0.6) is 0 Å². The molecule has 1 aliphatic heterocycles. The van der Waals surface area contributed by atoms with Crippen LogP contribution in [0.3, 0.4) is 0 Å². The molecule has 3 N–H and O–H groups in total. The van der Waals surface area contributed by atoms with Gasteiger partial charge in [-0.05, 0) is 105 Å². The second-order valence-corrected chi connectivity index (χ2v) is 10.5. The molecule has 0 aromatic carbocycles. The summed E-state index contributed by atoms with van der Waals surface area (Å²) in [6, 6.07) is 7.30. The lowest BCUT2D eigenvalue weighted by atomic mass is 9.82. The van der Waals surface area contributed by atoms with Gasteiger partial charge < -0.3 is 5.73 Å². The van der Waals surface area contributed by atoms with Crippen LogP contribution in [0.2, 0.25) is 0 Å². The Kier molecular flexibility index (Phi) is 8.07. The highest BCUT2D eigenvalue weighted by Gasteiger charge is 2.20. The molecule has 1 aliphatic carbocycles. The highest BCUT2D eigenvalue weighted by molar-refractivity contribution is 5.90. The molecule has 4 heterocycles. The Balaban J connectivity index is 1.39. The standard InChI is InChI=1S/C32H35FN6/c1-4-24(25-9-6-23(17-35-18-25)15-22-7-10-26(34)11-8-22)16-31-20(2)5-13-29(38-31)27-19-36-39-32(27)30-14-12-28(33)21(3)37-30/h4-5,9,12-14,16-19,22,26H,2,6-8,10-11,15,34H2,1,3H3,(H,36,39)/b24-4+,31-16+. The summed E-state index contributed by atoms with van der Waals surface area (Å²) in [6.45, 7) is 7.87. The van der Waals surface area contributed by atoms with Crippen molar-refractivity contribution in [2.45, 2.75) is 58.4 Å². The van der Waals surface area contributed by atoms with E-state index in [-0.39, 0.29) is 5.82 Å². The molecule has 3 aromatic heterocycles. The fourth-order valence-electron chi connectivity index (χ4n) is 5.28. The molecule has 0 bridgehead atoms. The molecule has 7 heteroatoms. The SMILES string of the molecule is C=c1ccc(-c2cn[nH]c2-c2ccc(F)c(C)n2)n/c1=C/C(=C\C)C1=CCC(CC2CCC(N)CC2)=CN=C1. The van der Waals surface area contributed by atoms with Crippen molar-refractivity contribution in [1.29, 1.82) is 0 Å². The average molecular weight is 523 g/mol. The Morgan fingerprint density at radius 1 is 1.13 bits per heavy atom. The minimum Gasteiger partial charge on any atom is -0.328 e. The summed E-state index contributed by atoms with van der Waals surface area (Å²) in [6.07, 6.45) is 18.7. The van der Waals surface area contributed by atoms with Crippen LogP contribution >= 0.6 is 0 Å². The van der Waals surface area contributed by atoms with Crippen molar-refractivity contribution in [2.24, 2.45) is 16.6 Å². The average Bonchev–Trinajstić information content (AvgIpc) is 3.31. The molecule has 39 heavy (non-hydrogen) atoms. The number of aromatic nitrogens is 4. The summed E-state index contributed by atoms with van der Waals surface area (Å²) in [5, 5.41) is 8.80. The number of halogens is 1. The van der Waals surface area contributed by atoms with E-state index in [1.54, 1.807) is 19.2 Å². The van der Waals surface area contributed by atoms with Gasteiger partial charge in [0.1, 0.15) is 5.82 Å². The van der Waals surface area contributed by atoms with Crippen LogP contribution in [0, 0.1) is 18.7 Å². The van der Waals surface area contributed by atoms with E-state index in [1.165, 1.54) is 24.5 Å². The first-order valence-electron chi connectivity index (χ1n) is 13.6. The van der Waals surface area contributed by atoms with E-state index in [9.17, 15) is 4.39 Å². The maximum atomic E-state index is 13.8. The Morgan fingerprint density at radius 2 is 1.92 bits per heavy atom. The van der Waals surface area contributed by atoms with Crippen molar-refractivity contribution in [3.05, 3.63) is 87.6 Å². The number of allylic oxidation sites excluding steroid dienone is 5. The first-order valence-corrected chi connectivity index (χ1v) is 13.6. The van der Waals surface area contributed by atoms with E-state index in [0.29, 0.717) is 29.0 Å². The van der Waals surface area contributed by atoms with E-state index >= 15 is 0 Å². The fraction of sp³-hybridized carbons (Fsp3) is 0.312. The van der Waals surface area contributed by atoms with E-state index < -0.39 is 0 Å². The second kappa shape index (κ2) is 11.8. The number of nitrogens with two attached hydrogens (primary N) is 1. The molecular formula is C32H35FN6. The van der Waals surface area contributed by atoms with Crippen molar-refractivity contribution in [3.8, 4) is 22.6 Å². The van der Waals surface area contributed by atoms with Crippen LogP contribution in [-0.2, 0) is 0 Å². The number of aromatic amines is 1. The molecule has 0 unspecified atom stereocenters. The molecular weight excluding hydrogens is 487 g/mol. The number of pyridine rings is 2. The molecule has 2 aliphatic rings. The highest BCUT2D eigenvalue weighted by Crippen LogP contribution is 2.31. The lowest BCUT2D eigenvalue weighted by Gasteiger charge is -2.26. The van der Waals surface area contributed by atoms with Crippen LogP contribution in [-0.4, -0.2) is 32.4 Å². The summed E-state index contributed by atoms with van der Waals surface area (Å²) in [4.78, 5) is 14.0. The van der Waals surface area contributed by atoms with Crippen molar-refractivity contribution in [3.63, 3.8) is 0 Å². The number of H-pyrrole nitrogens is 1. The Labute approximate surface area is 228 Å². The molecule has 1 fully saturated rings. The third-order valence-corrected chi connectivity index (χ3v) is 7.64. The molecule has 0 atom stereocenters. The van der Waals surface area contributed by atoms with E-state index in [2.05, 4.69) is 45.0 Å². The number of hydrogen-bond acceptors (Lipinski definition) is 5. The van der Waals surface area contributed by atoms with E-state index in [1.807, 2.05) is 31.5 Å². The molecule has 1 saturated carbocycles. The summed E-state index contributed by atoms with van der Waals surface area (Å²) in [7, 11) is 0. The minimum atomic E-state index is -0.340. The number of aliphatic imine (C=N–C) groups is 1.